The zero-order valence-electron chi connectivity index (χ0n) is 13.1. The van der Waals surface area contributed by atoms with Crippen LogP contribution in [0.3, 0.4) is 0 Å². The number of likely N-dealkylation sites (N-methyl/N-ethyl adjacent to an activating group) is 1. The van der Waals surface area contributed by atoms with Gasteiger partial charge in [0.15, 0.2) is 0 Å². The lowest BCUT2D eigenvalue weighted by molar-refractivity contribution is 0.287. The van der Waals surface area contributed by atoms with Gasteiger partial charge in [0, 0.05) is 19.6 Å². The average molecular weight is 262 g/mol. The van der Waals surface area contributed by atoms with Crippen LogP contribution in [0.5, 0.6) is 0 Å². The molecule has 1 aromatic carbocycles. The van der Waals surface area contributed by atoms with E-state index in [2.05, 4.69) is 62.2 Å². The summed E-state index contributed by atoms with van der Waals surface area (Å²) in [5, 5.41) is 3.53. The minimum Gasteiger partial charge on any atom is -0.311 e. The fraction of sp³-hybridized carbons (Fsp3) is 0.647. The third-order valence-corrected chi connectivity index (χ3v) is 3.57. The van der Waals surface area contributed by atoms with Crippen molar-refractivity contribution in [1.29, 1.82) is 0 Å². The molecule has 1 N–H and O–H groups in total. The molecule has 0 fully saturated rings. The van der Waals surface area contributed by atoms with Crippen molar-refractivity contribution in [1.82, 2.24) is 10.2 Å². The highest BCUT2D eigenvalue weighted by Crippen LogP contribution is 2.14. The molecule has 0 spiro atoms. The molecule has 0 aliphatic heterocycles. The normalized spacial score (nSPS) is 11.5. The Balaban J connectivity index is 2.25. The first-order valence-electron chi connectivity index (χ1n) is 7.69. The molecule has 1 rings (SSSR count). The summed E-state index contributed by atoms with van der Waals surface area (Å²) in [6, 6.07) is 8.98. The fourth-order valence-corrected chi connectivity index (χ4v) is 2.23. The first kappa shape index (κ1) is 16.2. The Kier molecular flexibility index (Phi) is 7.76. The second-order valence-corrected chi connectivity index (χ2v) is 5.51. The SMILES string of the molecule is CCCN(CC)CCNCc1ccc(C(C)C)cc1. The monoisotopic (exact) mass is 262 g/mol. The number of hydrogen-bond acceptors (Lipinski definition) is 2. The highest BCUT2D eigenvalue weighted by atomic mass is 15.1. The van der Waals surface area contributed by atoms with Gasteiger partial charge in [0.25, 0.3) is 0 Å². The van der Waals surface area contributed by atoms with Crippen molar-refractivity contribution in [2.24, 2.45) is 0 Å². The lowest BCUT2D eigenvalue weighted by Gasteiger charge is -2.19. The van der Waals surface area contributed by atoms with Gasteiger partial charge in [-0.05, 0) is 36.6 Å². The Morgan fingerprint density at radius 2 is 1.74 bits per heavy atom. The van der Waals surface area contributed by atoms with E-state index in [4.69, 9.17) is 0 Å². The van der Waals surface area contributed by atoms with Crippen LogP contribution < -0.4 is 5.32 Å². The van der Waals surface area contributed by atoms with Crippen LogP contribution in [-0.2, 0) is 6.54 Å². The quantitative estimate of drug-likeness (QED) is 0.684. The molecule has 2 heteroatoms. The first-order chi connectivity index (χ1) is 9.17. The largest absolute Gasteiger partial charge is 0.311 e. The van der Waals surface area contributed by atoms with Gasteiger partial charge in [0.1, 0.15) is 0 Å². The molecule has 0 saturated carbocycles. The lowest BCUT2D eigenvalue weighted by Crippen LogP contribution is -2.32. The summed E-state index contributed by atoms with van der Waals surface area (Å²) in [7, 11) is 0. The summed E-state index contributed by atoms with van der Waals surface area (Å²) >= 11 is 0. The van der Waals surface area contributed by atoms with Crippen molar-refractivity contribution in [2.75, 3.05) is 26.2 Å². The molecule has 0 heterocycles. The van der Waals surface area contributed by atoms with E-state index in [-0.39, 0.29) is 0 Å². The molecule has 0 aliphatic rings. The predicted octanol–water partition coefficient (Wildman–Crippen LogP) is 3.63. The summed E-state index contributed by atoms with van der Waals surface area (Å²) in [6.45, 7) is 14.5. The van der Waals surface area contributed by atoms with Crippen LogP contribution in [0.25, 0.3) is 0 Å². The number of hydrogen-bond donors (Lipinski definition) is 1. The van der Waals surface area contributed by atoms with E-state index in [1.54, 1.807) is 0 Å². The standard InChI is InChI=1S/C17H30N2/c1-5-12-19(6-2)13-11-18-14-16-7-9-17(10-8-16)15(3)4/h7-10,15,18H,5-6,11-14H2,1-4H3. The highest BCUT2D eigenvalue weighted by Gasteiger charge is 2.01. The zero-order chi connectivity index (χ0) is 14.1. The molecular formula is C17H30N2. The Morgan fingerprint density at radius 3 is 2.26 bits per heavy atom. The van der Waals surface area contributed by atoms with Crippen molar-refractivity contribution in [3.8, 4) is 0 Å². The van der Waals surface area contributed by atoms with Crippen LogP contribution in [0.2, 0.25) is 0 Å². The minimum absolute atomic E-state index is 0.620. The van der Waals surface area contributed by atoms with E-state index in [0.717, 1.165) is 26.2 Å². The van der Waals surface area contributed by atoms with Crippen LogP contribution in [0.4, 0.5) is 0 Å². The molecule has 0 radical (unpaired) electrons. The lowest BCUT2D eigenvalue weighted by atomic mass is 10.0. The summed E-state index contributed by atoms with van der Waals surface area (Å²) in [5.41, 5.74) is 2.80. The van der Waals surface area contributed by atoms with Gasteiger partial charge in [-0.3, -0.25) is 0 Å². The maximum absolute atomic E-state index is 3.53. The summed E-state index contributed by atoms with van der Waals surface area (Å²) in [6.07, 6.45) is 1.24. The molecule has 0 aromatic heterocycles. The Labute approximate surface area is 119 Å². The number of rotatable bonds is 9. The topological polar surface area (TPSA) is 15.3 Å². The van der Waals surface area contributed by atoms with E-state index in [1.165, 1.54) is 24.1 Å². The Morgan fingerprint density at radius 1 is 1.05 bits per heavy atom. The Hall–Kier alpha value is -0.860. The second kappa shape index (κ2) is 9.11. The maximum Gasteiger partial charge on any atom is 0.0206 e. The number of nitrogens with zero attached hydrogens (tertiary/aromatic N) is 1. The molecule has 2 nitrogen and oxygen atoms in total. The van der Waals surface area contributed by atoms with Gasteiger partial charge in [-0.25, -0.2) is 0 Å². The van der Waals surface area contributed by atoms with Gasteiger partial charge >= 0.3 is 0 Å². The fourth-order valence-electron chi connectivity index (χ4n) is 2.23. The van der Waals surface area contributed by atoms with Gasteiger partial charge in [-0.2, -0.15) is 0 Å². The van der Waals surface area contributed by atoms with Gasteiger partial charge in [0.05, 0.1) is 0 Å². The molecule has 1 aromatic rings. The summed E-state index contributed by atoms with van der Waals surface area (Å²) in [5.74, 6) is 0.620. The molecule has 0 aliphatic carbocycles. The maximum atomic E-state index is 3.53. The van der Waals surface area contributed by atoms with E-state index >= 15 is 0 Å². The molecule has 0 atom stereocenters. The molecule has 0 amide bonds. The smallest absolute Gasteiger partial charge is 0.0206 e. The Bertz CT molecular complexity index is 330. The van der Waals surface area contributed by atoms with Crippen LogP contribution >= 0.6 is 0 Å². The third kappa shape index (κ3) is 6.22. The molecule has 108 valence electrons. The van der Waals surface area contributed by atoms with Gasteiger partial charge < -0.3 is 10.2 Å². The van der Waals surface area contributed by atoms with Gasteiger partial charge in [-0.15, -0.1) is 0 Å². The van der Waals surface area contributed by atoms with Crippen molar-refractivity contribution < 1.29 is 0 Å². The van der Waals surface area contributed by atoms with E-state index in [1.807, 2.05) is 0 Å². The van der Waals surface area contributed by atoms with Crippen molar-refractivity contribution in [3.05, 3.63) is 35.4 Å². The van der Waals surface area contributed by atoms with Crippen molar-refractivity contribution in [2.45, 2.75) is 46.6 Å². The number of benzene rings is 1. The van der Waals surface area contributed by atoms with Crippen LogP contribution in [-0.4, -0.2) is 31.1 Å². The molecule has 0 bridgehead atoms. The molecule has 19 heavy (non-hydrogen) atoms. The van der Waals surface area contributed by atoms with Gasteiger partial charge in [0.2, 0.25) is 0 Å². The van der Waals surface area contributed by atoms with E-state index in [0.29, 0.717) is 5.92 Å². The predicted molar refractivity (Wildman–Crippen MR) is 84.6 cm³/mol. The van der Waals surface area contributed by atoms with Gasteiger partial charge in [-0.1, -0.05) is 52.0 Å². The second-order valence-electron chi connectivity index (χ2n) is 5.51. The van der Waals surface area contributed by atoms with E-state index in [9.17, 15) is 0 Å². The van der Waals surface area contributed by atoms with Crippen LogP contribution in [0, 0.1) is 0 Å². The number of nitrogens with one attached hydrogen (secondary N) is 1. The highest BCUT2D eigenvalue weighted by molar-refractivity contribution is 5.24. The third-order valence-electron chi connectivity index (χ3n) is 3.57. The van der Waals surface area contributed by atoms with Crippen LogP contribution in [0.1, 0.15) is 51.2 Å². The van der Waals surface area contributed by atoms with E-state index < -0.39 is 0 Å². The summed E-state index contributed by atoms with van der Waals surface area (Å²) in [4.78, 5) is 2.49. The molecular weight excluding hydrogens is 232 g/mol. The van der Waals surface area contributed by atoms with Crippen molar-refractivity contribution >= 4 is 0 Å². The molecule has 0 unspecified atom stereocenters. The zero-order valence-corrected chi connectivity index (χ0v) is 13.1. The van der Waals surface area contributed by atoms with Crippen molar-refractivity contribution in [3.63, 3.8) is 0 Å². The average Bonchev–Trinajstić information content (AvgIpc) is 2.42. The minimum atomic E-state index is 0.620. The van der Waals surface area contributed by atoms with Crippen LogP contribution in [0.15, 0.2) is 24.3 Å². The first-order valence-corrected chi connectivity index (χ1v) is 7.69. The summed E-state index contributed by atoms with van der Waals surface area (Å²) < 4.78 is 0. The molecule has 0 saturated heterocycles.